The lowest BCUT2D eigenvalue weighted by Gasteiger charge is -2.21. The van der Waals surface area contributed by atoms with Gasteiger partial charge < -0.3 is 26.8 Å². The van der Waals surface area contributed by atoms with Crippen LogP contribution in [-0.2, 0) is 27.2 Å². The van der Waals surface area contributed by atoms with E-state index in [2.05, 4.69) is 29.8 Å². The Bertz CT molecular complexity index is 1040. The van der Waals surface area contributed by atoms with E-state index in [1.54, 1.807) is 36.0 Å². The first-order valence-electron chi connectivity index (χ1n) is 13.2. The van der Waals surface area contributed by atoms with E-state index in [1.165, 1.54) is 0 Å². The van der Waals surface area contributed by atoms with Gasteiger partial charge in [-0.1, -0.05) is 44.2 Å². The second kappa shape index (κ2) is 18.5. The molecule has 3 amide bonds. The molecular formula is C29H43ClN4O4S. The molecule has 39 heavy (non-hydrogen) atoms. The van der Waals surface area contributed by atoms with Crippen molar-refractivity contribution in [1.29, 1.82) is 0 Å². The second-order valence-corrected chi connectivity index (χ2v) is 10.8. The number of hydrogen-bond donors (Lipinski definition) is 5. The maximum absolute atomic E-state index is 13.2. The number of aryl methyl sites for hydroxylation is 1. The normalized spacial score (nSPS) is 12.2. The lowest BCUT2D eigenvalue weighted by molar-refractivity contribution is -0.127. The van der Waals surface area contributed by atoms with Crippen molar-refractivity contribution in [2.24, 2.45) is 11.7 Å². The first-order chi connectivity index (χ1) is 18.2. The lowest BCUT2D eigenvalue weighted by atomic mass is 10.0. The predicted octanol–water partition coefficient (Wildman–Crippen LogP) is 4.05. The highest BCUT2D eigenvalue weighted by Crippen LogP contribution is 2.19. The zero-order chi connectivity index (χ0) is 27.9. The number of phenols is 1. The lowest BCUT2D eigenvalue weighted by Crippen LogP contribution is -2.50. The van der Waals surface area contributed by atoms with Gasteiger partial charge in [0, 0.05) is 18.7 Å². The van der Waals surface area contributed by atoms with Crippen molar-refractivity contribution in [3.05, 3.63) is 59.7 Å². The number of carbonyl (C=O) groups excluding carboxylic acids is 3. The number of nitrogens with two attached hydrogens (primary N) is 1. The van der Waals surface area contributed by atoms with Crippen molar-refractivity contribution in [1.82, 2.24) is 10.6 Å². The molecule has 0 saturated carbocycles. The fourth-order valence-corrected chi connectivity index (χ4v) is 4.34. The molecule has 10 heteroatoms. The first-order valence-corrected chi connectivity index (χ1v) is 14.6. The van der Waals surface area contributed by atoms with E-state index < -0.39 is 18.0 Å². The quantitative estimate of drug-likeness (QED) is 0.204. The average molecular weight is 579 g/mol. The van der Waals surface area contributed by atoms with Crippen molar-refractivity contribution in [2.75, 3.05) is 23.9 Å². The van der Waals surface area contributed by atoms with Gasteiger partial charge >= 0.3 is 0 Å². The van der Waals surface area contributed by atoms with Gasteiger partial charge in [0.15, 0.2) is 0 Å². The molecule has 0 fully saturated rings. The Hall–Kier alpha value is -2.75. The third-order valence-corrected chi connectivity index (χ3v) is 6.79. The van der Waals surface area contributed by atoms with Crippen LogP contribution in [0, 0.1) is 5.92 Å². The maximum atomic E-state index is 13.2. The van der Waals surface area contributed by atoms with Crippen LogP contribution in [0.1, 0.15) is 50.7 Å². The van der Waals surface area contributed by atoms with E-state index in [9.17, 15) is 19.5 Å². The van der Waals surface area contributed by atoms with E-state index in [0.717, 1.165) is 17.5 Å². The standard InChI is InChI=1S/C29H42N4O4S.ClH/c1-20(2)15-17-31-27(35)10-6-8-22-7-4-5-9-25(22)32-29(37)26(16-18-38-3)33-28(36)24(30)19-21-11-13-23(34)14-12-21;/h4-5,7,9,11-14,20,24,26,34H,6,8,10,15-19,30H2,1-3H3,(H,31,35)(H,32,37)(H,33,36);1H/t24-,26+;/m0./s1. The Morgan fingerprint density at radius 2 is 1.69 bits per heavy atom. The molecule has 0 bridgehead atoms. The number of benzene rings is 2. The molecule has 0 radical (unpaired) electrons. The van der Waals surface area contributed by atoms with Gasteiger partial charge in [0.2, 0.25) is 17.7 Å². The number of thioether (sulfide) groups is 1. The third kappa shape index (κ3) is 13.2. The largest absolute Gasteiger partial charge is 0.508 e. The highest BCUT2D eigenvalue weighted by atomic mass is 35.5. The SMILES string of the molecule is CSCC[C@@H](NC(=O)[C@@H](N)Cc1ccc(O)cc1)C(=O)Nc1ccccc1CCCC(=O)NCCC(C)C.Cl. The summed E-state index contributed by atoms with van der Waals surface area (Å²) in [6.45, 7) is 4.94. The zero-order valence-electron chi connectivity index (χ0n) is 23.1. The number of para-hydroxylation sites is 1. The maximum Gasteiger partial charge on any atom is 0.246 e. The Balaban J connectivity index is 0.00000760. The molecule has 0 aliphatic rings. The molecule has 0 aliphatic heterocycles. The zero-order valence-corrected chi connectivity index (χ0v) is 24.7. The average Bonchev–Trinajstić information content (AvgIpc) is 2.88. The molecule has 0 aliphatic carbocycles. The van der Waals surface area contributed by atoms with Crippen molar-refractivity contribution in [3.63, 3.8) is 0 Å². The minimum atomic E-state index is -0.830. The Kier molecular flexibility index (Phi) is 16.3. The summed E-state index contributed by atoms with van der Waals surface area (Å²) in [5.41, 5.74) is 8.55. The van der Waals surface area contributed by atoms with Crippen LogP contribution in [0.4, 0.5) is 5.69 Å². The van der Waals surface area contributed by atoms with Crippen LogP contribution in [-0.4, -0.2) is 53.5 Å². The van der Waals surface area contributed by atoms with Crippen LogP contribution in [0.25, 0.3) is 0 Å². The van der Waals surface area contributed by atoms with Gasteiger partial charge in [-0.2, -0.15) is 11.8 Å². The van der Waals surface area contributed by atoms with Crippen molar-refractivity contribution < 1.29 is 19.5 Å². The summed E-state index contributed by atoms with van der Waals surface area (Å²) in [6, 6.07) is 12.5. The Morgan fingerprint density at radius 1 is 1.00 bits per heavy atom. The first kappa shape index (κ1) is 34.3. The molecule has 0 aromatic heterocycles. The molecule has 2 aromatic rings. The fraction of sp³-hybridized carbons (Fsp3) is 0.483. The fourth-order valence-electron chi connectivity index (χ4n) is 3.87. The summed E-state index contributed by atoms with van der Waals surface area (Å²) in [7, 11) is 0. The number of amides is 3. The smallest absolute Gasteiger partial charge is 0.246 e. The molecule has 2 atom stereocenters. The van der Waals surface area contributed by atoms with Crippen LogP contribution in [0.2, 0.25) is 0 Å². The van der Waals surface area contributed by atoms with Gasteiger partial charge in [-0.15, -0.1) is 12.4 Å². The molecule has 0 unspecified atom stereocenters. The summed E-state index contributed by atoms with van der Waals surface area (Å²) in [6.07, 6.45) is 5.39. The topological polar surface area (TPSA) is 134 Å². The van der Waals surface area contributed by atoms with Crippen LogP contribution in [0.5, 0.6) is 5.75 Å². The summed E-state index contributed by atoms with van der Waals surface area (Å²) < 4.78 is 0. The van der Waals surface area contributed by atoms with Gasteiger partial charge in [-0.3, -0.25) is 14.4 Å². The van der Waals surface area contributed by atoms with E-state index in [0.29, 0.717) is 49.6 Å². The molecule has 2 aromatic carbocycles. The van der Waals surface area contributed by atoms with Gasteiger partial charge in [0.05, 0.1) is 6.04 Å². The second-order valence-electron chi connectivity index (χ2n) is 9.85. The molecule has 6 N–H and O–H groups in total. The minimum Gasteiger partial charge on any atom is -0.508 e. The highest BCUT2D eigenvalue weighted by molar-refractivity contribution is 7.98. The number of anilines is 1. The molecule has 0 spiro atoms. The van der Waals surface area contributed by atoms with Crippen molar-refractivity contribution in [3.8, 4) is 5.75 Å². The van der Waals surface area contributed by atoms with Gasteiger partial charge in [0.25, 0.3) is 0 Å². The number of phenolic OH excluding ortho intramolecular Hbond substituents is 1. The van der Waals surface area contributed by atoms with E-state index in [1.807, 2.05) is 30.5 Å². The van der Waals surface area contributed by atoms with E-state index in [4.69, 9.17) is 5.73 Å². The number of rotatable bonds is 16. The van der Waals surface area contributed by atoms with Crippen LogP contribution in [0.15, 0.2) is 48.5 Å². The molecule has 2 rings (SSSR count). The summed E-state index contributed by atoms with van der Waals surface area (Å²) in [5, 5.41) is 18.2. The molecule has 0 saturated heterocycles. The van der Waals surface area contributed by atoms with Crippen LogP contribution >= 0.6 is 24.2 Å². The molecule has 0 heterocycles. The minimum absolute atomic E-state index is 0. The summed E-state index contributed by atoms with van der Waals surface area (Å²) in [5.74, 6) is 0.713. The Labute approximate surface area is 242 Å². The van der Waals surface area contributed by atoms with Crippen molar-refractivity contribution >= 4 is 47.6 Å². The molecule has 8 nitrogen and oxygen atoms in total. The predicted molar refractivity (Wildman–Crippen MR) is 162 cm³/mol. The van der Waals surface area contributed by atoms with Gasteiger partial charge in [-0.05, 0) is 79.4 Å². The molecule has 216 valence electrons. The van der Waals surface area contributed by atoms with E-state index >= 15 is 0 Å². The van der Waals surface area contributed by atoms with Gasteiger partial charge in [0.1, 0.15) is 11.8 Å². The summed E-state index contributed by atoms with van der Waals surface area (Å²) in [4.78, 5) is 38.1. The van der Waals surface area contributed by atoms with Crippen LogP contribution < -0.4 is 21.7 Å². The highest BCUT2D eigenvalue weighted by Gasteiger charge is 2.24. The monoisotopic (exact) mass is 578 g/mol. The number of aromatic hydroxyl groups is 1. The van der Waals surface area contributed by atoms with Crippen molar-refractivity contribution in [2.45, 2.75) is 64.5 Å². The number of carbonyl (C=O) groups is 3. The number of hydrogen-bond acceptors (Lipinski definition) is 6. The summed E-state index contributed by atoms with van der Waals surface area (Å²) >= 11 is 1.59. The van der Waals surface area contributed by atoms with Crippen LogP contribution in [0.3, 0.4) is 0 Å². The Morgan fingerprint density at radius 3 is 2.36 bits per heavy atom. The number of halogens is 1. The van der Waals surface area contributed by atoms with Gasteiger partial charge in [-0.25, -0.2) is 0 Å². The third-order valence-electron chi connectivity index (χ3n) is 6.14. The molecular weight excluding hydrogens is 536 g/mol. The number of nitrogens with one attached hydrogen (secondary N) is 3. The van der Waals surface area contributed by atoms with E-state index in [-0.39, 0.29) is 36.4 Å².